The van der Waals surface area contributed by atoms with Gasteiger partial charge in [-0.1, -0.05) is 13.3 Å². The van der Waals surface area contributed by atoms with Crippen LogP contribution in [0.3, 0.4) is 0 Å². The van der Waals surface area contributed by atoms with E-state index in [0.29, 0.717) is 0 Å². The molecule has 1 rings (SSSR count). The Morgan fingerprint density at radius 1 is 1.41 bits per heavy atom. The van der Waals surface area contributed by atoms with Gasteiger partial charge in [0.2, 0.25) is 0 Å². The summed E-state index contributed by atoms with van der Waals surface area (Å²) in [7, 11) is 0. The number of rotatable bonds is 9. The molecule has 102 valence electrons. The number of nitrogens with one attached hydrogen (secondary N) is 1. The maximum atomic E-state index is 5.75. The van der Waals surface area contributed by atoms with Crippen LogP contribution in [-0.4, -0.2) is 31.8 Å². The minimum atomic E-state index is 0.0986. The van der Waals surface area contributed by atoms with Gasteiger partial charge in [-0.15, -0.1) is 0 Å². The van der Waals surface area contributed by atoms with Crippen LogP contribution in [-0.2, 0) is 4.74 Å². The lowest BCUT2D eigenvalue weighted by atomic mass is 9.96. The maximum Gasteiger partial charge on any atom is 0.0779 e. The molecule has 3 heteroatoms. The van der Waals surface area contributed by atoms with Crippen LogP contribution in [0.2, 0.25) is 0 Å². The summed E-state index contributed by atoms with van der Waals surface area (Å²) in [5.74, 6) is 0.820. The molecule has 0 aromatic carbocycles. The van der Waals surface area contributed by atoms with Crippen molar-refractivity contribution in [3.8, 4) is 0 Å². The summed E-state index contributed by atoms with van der Waals surface area (Å²) >= 11 is 0. The van der Waals surface area contributed by atoms with Crippen LogP contribution in [0, 0.1) is 5.92 Å². The summed E-state index contributed by atoms with van der Waals surface area (Å²) in [6.45, 7) is 8.36. The molecule has 2 atom stereocenters. The number of nitrogens with two attached hydrogens (primary N) is 1. The SMILES string of the molecule is CCC(CCN)CCCNCC1(C)CCCO1. The Bertz CT molecular complexity index is 191. The second-order valence-electron chi connectivity index (χ2n) is 5.57. The standard InChI is InChI=1S/C14H30N2O/c1-3-13(7-9-15)6-4-10-16-12-14(2)8-5-11-17-14/h13,16H,3-12,15H2,1-2H3. The highest BCUT2D eigenvalue weighted by atomic mass is 16.5. The molecule has 1 fully saturated rings. The van der Waals surface area contributed by atoms with Gasteiger partial charge in [0.15, 0.2) is 0 Å². The zero-order valence-electron chi connectivity index (χ0n) is 11.6. The predicted octanol–water partition coefficient (Wildman–Crippen LogP) is 2.30. The van der Waals surface area contributed by atoms with Gasteiger partial charge < -0.3 is 15.8 Å². The Morgan fingerprint density at radius 3 is 2.82 bits per heavy atom. The number of hydrogen-bond donors (Lipinski definition) is 2. The molecule has 3 nitrogen and oxygen atoms in total. The third-order valence-corrected chi connectivity index (χ3v) is 3.92. The zero-order valence-corrected chi connectivity index (χ0v) is 11.6. The van der Waals surface area contributed by atoms with Gasteiger partial charge in [-0.25, -0.2) is 0 Å². The quantitative estimate of drug-likeness (QED) is 0.610. The van der Waals surface area contributed by atoms with Gasteiger partial charge in [0.1, 0.15) is 0 Å². The average Bonchev–Trinajstić information content (AvgIpc) is 2.74. The Morgan fingerprint density at radius 2 is 2.24 bits per heavy atom. The van der Waals surface area contributed by atoms with Crippen LogP contribution < -0.4 is 11.1 Å². The fourth-order valence-electron chi connectivity index (χ4n) is 2.63. The monoisotopic (exact) mass is 242 g/mol. The summed E-state index contributed by atoms with van der Waals surface area (Å²) in [6.07, 6.45) is 7.42. The van der Waals surface area contributed by atoms with Crippen molar-refractivity contribution in [1.82, 2.24) is 5.32 Å². The van der Waals surface area contributed by atoms with Crippen LogP contribution in [0.1, 0.15) is 52.4 Å². The lowest BCUT2D eigenvalue weighted by molar-refractivity contribution is 0.0209. The van der Waals surface area contributed by atoms with Gasteiger partial charge in [-0.3, -0.25) is 0 Å². The van der Waals surface area contributed by atoms with E-state index in [1.807, 2.05) is 0 Å². The molecule has 0 aromatic rings. The van der Waals surface area contributed by atoms with Gasteiger partial charge in [-0.05, 0) is 58.0 Å². The molecular weight excluding hydrogens is 212 g/mol. The van der Waals surface area contributed by atoms with Crippen molar-refractivity contribution in [2.75, 3.05) is 26.2 Å². The Balaban J connectivity index is 2.00. The molecule has 1 aliphatic rings. The van der Waals surface area contributed by atoms with Gasteiger partial charge in [0, 0.05) is 13.2 Å². The van der Waals surface area contributed by atoms with Crippen molar-refractivity contribution in [2.24, 2.45) is 11.7 Å². The molecule has 1 saturated heterocycles. The molecule has 17 heavy (non-hydrogen) atoms. The van der Waals surface area contributed by atoms with Crippen molar-refractivity contribution in [3.63, 3.8) is 0 Å². The van der Waals surface area contributed by atoms with Gasteiger partial charge in [-0.2, -0.15) is 0 Å². The van der Waals surface area contributed by atoms with E-state index >= 15 is 0 Å². The molecule has 2 unspecified atom stereocenters. The molecular formula is C14H30N2O. The second kappa shape index (κ2) is 8.06. The van der Waals surface area contributed by atoms with Crippen LogP contribution in [0.4, 0.5) is 0 Å². The maximum absolute atomic E-state index is 5.75. The van der Waals surface area contributed by atoms with Crippen LogP contribution in [0.15, 0.2) is 0 Å². The molecule has 0 aromatic heterocycles. The average molecular weight is 242 g/mol. The minimum Gasteiger partial charge on any atom is -0.374 e. The third-order valence-electron chi connectivity index (χ3n) is 3.92. The van der Waals surface area contributed by atoms with Crippen LogP contribution >= 0.6 is 0 Å². The molecule has 3 N–H and O–H groups in total. The summed E-state index contributed by atoms with van der Waals surface area (Å²) in [6, 6.07) is 0. The predicted molar refractivity (Wildman–Crippen MR) is 73.1 cm³/mol. The number of ether oxygens (including phenoxy) is 1. The van der Waals surface area contributed by atoms with Gasteiger partial charge in [0.05, 0.1) is 5.60 Å². The normalized spacial score (nSPS) is 26.3. The summed E-state index contributed by atoms with van der Waals surface area (Å²) in [4.78, 5) is 0. The van der Waals surface area contributed by atoms with Crippen molar-refractivity contribution >= 4 is 0 Å². The topological polar surface area (TPSA) is 47.3 Å². The van der Waals surface area contributed by atoms with E-state index in [-0.39, 0.29) is 5.60 Å². The van der Waals surface area contributed by atoms with E-state index in [2.05, 4.69) is 19.2 Å². The highest BCUT2D eigenvalue weighted by Crippen LogP contribution is 2.23. The molecule has 0 saturated carbocycles. The van der Waals surface area contributed by atoms with Crippen molar-refractivity contribution in [2.45, 2.75) is 58.0 Å². The zero-order chi connectivity index (χ0) is 12.6. The van der Waals surface area contributed by atoms with Crippen LogP contribution in [0.25, 0.3) is 0 Å². The summed E-state index contributed by atoms with van der Waals surface area (Å²) in [5.41, 5.74) is 5.70. The fourth-order valence-corrected chi connectivity index (χ4v) is 2.63. The number of hydrogen-bond acceptors (Lipinski definition) is 3. The van der Waals surface area contributed by atoms with Gasteiger partial charge >= 0.3 is 0 Å². The summed E-state index contributed by atoms with van der Waals surface area (Å²) in [5, 5.41) is 3.53. The van der Waals surface area contributed by atoms with Gasteiger partial charge in [0.25, 0.3) is 0 Å². The molecule has 0 spiro atoms. The fraction of sp³-hybridized carbons (Fsp3) is 1.00. The third kappa shape index (κ3) is 5.84. The first kappa shape index (κ1) is 14.9. The second-order valence-corrected chi connectivity index (χ2v) is 5.57. The van der Waals surface area contributed by atoms with Crippen molar-refractivity contribution in [3.05, 3.63) is 0 Å². The Kier molecular flexibility index (Phi) is 7.09. The van der Waals surface area contributed by atoms with E-state index in [1.54, 1.807) is 0 Å². The van der Waals surface area contributed by atoms with Crippen molar-refractivity contribution in [1.29, 1.82) is 0 Å². The van der Waals surface area contributed by atoms with Crippen molar-refractivity contribution < 1.29 is 4.74 Å². The van der Waals surface area contributed by atoms with E-state index < -0.39 is 0 Å². The minimum absolute atomic E-state index is 0.0986. The Hall–Kier alpha value is -0.120. The lowest BCUT2D eigenvalue weighted by Crippen LogP contribution is -2.37. The molecule has 0 radical (unpaired) electrons. The molecule has 1 heterocycles. The lowest BCUT2D eigenvalue weighted by Gasteiger charge is -2.23. The smallest absolute Gasteiger partial charge is 0.0779 e. The van der Waals surface area contributed by atoms with E-state index in [0.717, 1.165) is 32.2 Å². The first-order chi connectivity index (χ1) is 8.20. The first-order valence-electron chi connectivity index (χ1n) is 7.25. The van der Waals surface area contributed by atoms with E-state index in [1.165, 1.54) is 38.5 Å². The molecule has 0 aliphatic carbocycles. The van der Waals surface area contributed by atoms with E-state index in [9.17, 15) is 0 Å². The Labute approximate surface area is 106 Å². The molecule has 0 amide bonds. The molecule has 1 aliphatic heterocycles. The first-order valence-corrected chi connectivity index (χ1v) is 7.25. The van der Waals surface area contributed by atoms with E-state index in [4.69, 9.17) is 10.5 Å². The molecule has 0 bridgehead atoms. The highest BCUT2D eigenvalue weighted by Gasteiger charge is 2.28. The largest absolute Gasteiger partial charge is 0.374 e. The summed E-state index contributed by atoms with van der Waals surface area (Å²) < 4.78 is 5.75. The highest BCUT2D eigenvalue weighted by molar-refractivity contribution is 4.82. The van der Waals surface area contributed by atoms with Crippen LogP contribution in [0.5, 0.6) is 0 Å².